The molecule has 0 aromatic carbocycles. The molecule has 2 saturated heterocycles. The largest absolute Gasteiger partial charge is 0.465 e. The molecule has 0 aliphatic carbocycles. The molecule has 0 aromatic heterocycles. The van der Waals surface area contributed by atoms with Crippen molar-refractivity contribution in [3.05, 3.63) is 0 Å². The average Bonchev–Trinajstić information content (AvgIpc) is 2.66. The van der Waals surface area contributed by atoms with Crippen LogP contribution in [0.3, 0.4) is 0 Å². The number of esters is 1. The van der Waals surface area contributed by atoms with Gasteiger partial charge in [0.15, 0.2) is 0 Å². The lowest BCUT2D eigenvalue weighted by Crippen LogP contribution is -2.62. The molecule has 0 aromatic rings. The number of nitrogens with zero attached hydrogens (tertiary/aromatic N) is 1. The molecule has 0 bridgehead atoms. The van der Waals surface area contributed by atoms with Gasteiger partial charge in [0, 0.05) is 25.4 Å². The highest BCUT2D eigenvalue weighted by atomic mass is 32.2. The Balaban J connectivity index is 2.24. The molecule has 4 nitrogen and oxygen atoms in total. The van der Waals surface area contributed by atoms with Crippen molar-refractivity contribution in [1.82, 2.24) is 10.2 Å². The number of carbonyl (C=O) groups excluding carboxylic acids is 1. The molecular weight excluding hydrogens is 272 g/mol. The van der Waals surface area contributed by atoms with Crippen molar-refractivity contribution in [2.24, 2.45) is 5.41 Å². The third-order valence-corrected chi connectivity index (χ3v) is 5.87. The molecule has 20 heavy (non-hydrogen) atoms. The van der Waals surface area contributed by atoms with Crippen molar-refractivity contribution in [2.45, 2.75) is 39.2 Å². The standard InChI is InChI=1S/C15H28N2O2S/c1-4-19-13(18)15(10-14(2,3)11-20-12-15)17-8-5-6-16-7-9-17/h16H,4-12H2,1-3H3. The molecule has 1 unspecified atom stereocenters. The van der Waals surface area contributed by atoms with Crippen LogP contribution in [0, 0.1) is 5.41 Å². The molecule has 2 aliphatic heterocycles. The highest BCUT2D eigenvalue weighted by Gasteiger charge is 2.51. The minimum atomic E-state index is -0.422. The monoisotopic (exact) mass is 300 g/mol. The van der Waals surface area contributed by atoms with Gasteiger partial charge in [-0.05, 0) is 37.5 Å². The third-order valence-electron chi connectivity index (χ3n) is 4.21. The van der Waals surface area contributed by atoms with Crippen LogP contribution in [-0.4, -0.2) is 60.7 Å². The van der Waals surface area contributed by atoms with Crippen LogP contribution in [0.2, 0.25) is 0 Å². The highest BCUT2D eigenvalue weighted by molar-refractivity contribution is 7.99. The van der Waals surface area contributed by atoms with Gasteiger partial charge in [-0.25, -0.2) is 0 Å². The zero-order valence-corrected chi connectivity index (χ0v) is 13.9. The fourth-order valence-corrected chi connectivity index (χ4v) is 4.89. The summed E-state index contributed by atoms with van der Waals surface area (Å²) in [5.74, 6) is 1.98. The van der Waals surface area contributed by atoms with Gasteiger partial charge in [-0.3, -0.25) is 9.69 Å². The number of carbonyl (C=O) groups is 1. The first-order valence-electron chi connectivity index (χ1n) is 7.71. The summed E-state index contributed by atoms with van der Waals surface area (Å²) in [5, 5.41) is 3.42. The molecule has 0 amide bonds. The van der Waals surface area contributed by atoms with E-state index in [1.807, 2.05) is 18.7 Å². The maximum absolute atomic E-state index is 12.7. The number of hydrogen-bond donors (Lipinski definition) is 1. The fourth-order valence-electron chi connectivity index (χ4n) is 3.39. The molecule has 1 atom stereocenters. The van der Waals surface area contributed by atoms with E-state index in [1.165, 1.54) is 0 Å². The van der Waals surface area contributed by atoms with Crippen molar-refractivity contribution >= 4 is 17.7 Å². The molecule has 1 N–H and O–H groups in total. The molecular formula is C15H28N2O2S. The first-order chi connectivity index (χ1) is 9.50. The van der Waals surface area contributed by atoms with E-state index in [1.54, 1.807) is 0 Å². The van der Waals surface area contributed by atoms with Gasteiger partial charge in [0.1, 0.15) is 5.54 Å². The lowest BCUT2D eigenvalue weighted by atomic mass is 9.78. The zero-order valence-electron chi connectivity index (χ0n) is 13.0. The van der Waals surface area contributed by atoms with Crippen LogP contribution in [0.25, 0.3) is 0 Å². The Kier molecular flexibility index (Phi) is 5.37. The summed E-state index contributed by atoms with van der Waals surface area (Å²) in [7, 11) is 0. The van der Waals surface area contributed by atoms with Gasteiger partial charge in [0.2, 0.25) is 0 Å². The van der Waals surface area contributed by atoms with E-state index in [0.29, 0.717) is 6.61 Å². The van der Waals surface area contributed by atoms with E-state index < -0.39 is 5.54 Å². The second kappa shape index (κ2) is 6.67. The average molecular weight is 300 g/mol. The first kappa shape index (κ1) is 16.1. The Hall–Kier alpha value is -0.260. The molecule has 0 spiro atoms. The maximum Gasteiger partial charge on any atom is 0.327 e. The van der Waals surface area contributed by atoms with Crippen LogP contribution in [0.5, 0.6) is 0 Å². The summed E-state index contributed by atoms with van der Waals surface area (Å²) in [6, 6.07) is 0. The molecule has 2 aliphatic rings. The Morgan fingerprint density at radius 3 is 2.80 bits per heavy atom. The molecule has 0 radical (unpaired) electrons. The van der Waals surface area contributed by atoms with Gasteiger partial charge in [-0.1, -0.05) is 13.8 Å². The maximum atomic E-state index is 12.7. The lowest BCUT2D eigenvalue weighted by molar-refractivity contribution is -0.159. The van der Waals surface area contributed by atoms with Crippen LogP contribution in [0.15, 0.2) is 0 Å². The first-order valence-corrected chi connectivity index (χ1v) is 8.86. The zero-order chi connectivity index (χ0) is 14.6. The van der Waals surface area contributed by atoms with E-state index >= 15 is 0 Å². The molecule has 2 fully saturated rings. The Labute approximate surface area is 127 Å². The quantitative estimate of drug-likeness (QED) is 0.804. The predicted octanol–water partition coefficient (Wildman–Crippen LogP) is 1.75. The fraction of sp³-hybridized carbons (Fsp3) is 0.933. The number of rotatable bonds is 3. The van der Waals surface area contributed by atoms with Crippen LogP contribution >= 0.6 is 11.8 Å². The minimum absolute atomic E-state index is 0.0119. The van der Waals surface area contributed by atoms with Gasteiger partial charge in [-0.2, -0.15) is 11.8 Å². The number of nitrogens with one attached hydrogen (secondary N) is 1. The SMILES string of the molecule is CCOC(=O)C1(N2CCCNCC2)CSCC(C)(C)C1. The topological polar surface area (TPSA) is 41.6 Å². The van der Waals surface area contributed by atoms with E-state index in [9.17, 15) is 4.79 Å². The van der Waals surface area contributed by atoms with Crippen LogP contribution in [0.4, 0.5) is 0 Å². The van der Waals surface area contributed by atoms with Crippen molar-refractivity contribution < 1.29 is 9.53 Å². The third kappa shape index (κ3) is 3.49. The number of thioether (sulfide) groups is 1. The van der Waals surface area contributed by atoms with E-state index in [4.69, 9.17) is 4.74 Å². The summed E-state index contributed by atoms with van der Waals surface area (Å²) < 4.78 is 5.46. The van der Waals surface area contributed by atoms with Crippen LogP contribution in [0.1, 0.15) is 33.6 Å². The van der Waals surface area contributed by atoms with Crippen molar-refractivity contribution in [1.29, 1.82) is 0 Å². The van der Waals surface area contributed by atoms with Crippen molar-refractivity contribution in [2.75, 3.05) is 44.3 Å². The number of hydrogen-bond acceptors (Lipinski definition) is 5. The van der Waals surface area contributed by atoms with Crippen LogP contribution in [-0.2, 0) is 9.53 Å². The normalized spacial score (nSPS) is 31.6. The molecule has 0 saturated carbocycles. The molecule has 2 rings (SSSR count). The van der Waals surface area contributed by atoms with Crippen molar-refractivity contribution in [3.63, 3.8) is 0 Å². The Morgan fingerprint density at radius 2 is 2.10 bits per heavy atom. The Morgan fingerprint density at radius 1 is 1.30 bits per heavy atom. The van der Waals surface area contributed by atoms with E-state index in [-0.39, 0.29) is 11.4 Å². The van der Waals surface area contributed by atoms with Gasteiger partial charge in [0.25, 0.3) is 0 Å². The number of ether oxygens (including phenoxy) is 1. The minimum Gasteiger partial charge on any atom is -0.465 e. The highest BCUT2D eigenvalue weighted by Crippen LogP contribution is 2.43. The lowest BCUT2D eigenvalue weighted by Gasteiger charge is -2.48. The van der Waals surface area contributed by atoms with Gasteiger partial charge < -0.3 is 10.1 Å². The second-order valence-electron chi connectivity index (χ2n) is 6.68. The molecule has 116 valence electrons. The van der Waals surface area contributed by atoms with Gasteiger partial charge in [-0.15, -0.1) is 0 Å². The smallest absolute Gasteiger partial charge is 0.327 e. The summed E-state index contributed by atoms with van der Waals surface area (Å²) in [4.78, 5) is 15.1. The molecule has 5 heteroatoms. The summed E-state index contributed by atoms with van der Waals surface area (Å²) in [6.45, 7) is 10.8. The molecule has 2 heterocycles. The van der Waals surface area contributed by atoms with E-state index in [2.05, 4.69) is 24.1 Å². The summed E-state index contributed by atoms with van der Waals surface area (Å²) in [5.41, 5.74) is -0.232. The van der Waals surface area contributed by atoms with E-state index in [0.717, 1.165) is 50.5 Å². The second-order valence-corrected chi connectivity index (χ2v) is 7.66. The van der Waals surface area contributed by atoms with Crippen molar-refractivity contribution in [3.8, 4) is 0 Å². The van der Waals surface area contributed by atoms with Crippen LogP contribution < -0.4 is 5.32 Å². The van der Waals surface area contributed by atoms with Gasteiger partial charge in [0.05, 0.1) is 6.61 Å². The summed E-state index contributed by atoms with van der Waals surface area (Å²) >= 11 is 1.90. The Bertz CT molecular complexity index is 341. The van der Waals surface area contributed by atoms with Gasteiger partial charge >= 0.3 is 5.97 Å². The summed E-state index contributed by atoms with van der Waals surface area (Å²) in [6.07, 6.45) is 2.01. The predicted molar refractivity (Wildman–Crippen MR) is 84.1 cm³/mol.